The van der Waals surface area contributed by atoms with Crippen LogP contribution in [0.2, 0.25) is 0 Å². The number of anilines is 1. The minimum atomic E-state index is -0.936. The number of benzene rings is 1. The molecule has 1 rings (SSSR count). The fourth-order valence-electron chi connectivity index (χ4n) is 1.89. The second kappa shape index (κ2) is 8.07. The first-order valence-electron chi connectivity index (χ1n) is 6.46. The van der Waals surface area contributed by atoms with E-state index >= 15 is 0 Å². The summed E-state index contributed by atoms with van der Waals surface area (Å²) in [6, 6.07) is 5.84. The number of carbonyl (C=O) groups is 1. The minimum absolute atomic E-state index is 0.906. The molecule has 0 saturated heterocycles. The second-order valence-corrected chi connectivity index (χ2v) is 5.87. The van der Waals surface area contributed by atoms with Gasteiger partial charge in [0.1, 0.15) is 0 Å². The number of hydrogen-bond acceptors (Lipinski definition) is 3. The number of hydrogen-bond donors (Lipinski definition) is 1. The second-order valence-electron chi connectivity index (χ2n) is 4.95. The van der Waals surface area contributed by atoms with Crippen LogP contribution >= 0.6 is 15.9 Å². The summed E-state index contributed by atoms with van der Waals surface area (Å²) < 4.78 is 0.986. The maximum atomic E-state index is 10.7. The van der Waals surface area contributed by atoms with Crippen molar-refractivity contribution in [3.8, 4) is 0 Å². The van der Waals surface area contributed by atoms with Crippen molar-refractivity contribution in [3.63, 3.8) is 0 Å². The average Bonchev–Trinajstić information content (AvgIpc) is 2.36. The lowest BCUT2D eigenvalue weighted by atomic mass is 10.1. The van der Waals surface area contributed by atoms with Gasteiger partial charge in [-0.3, -0.25) is 0 Å². The van der Waals surface area contributed by atoms with Crippen molar-refractivity contribution in [1.29, 1.82) is 0 Å². The van der Waals surface area contributed by atoms with Gasteiger partial charge in [0, 0.05) is 29.8 Å². The molecule has 5 heteroatoms. The van der Waals surface area contributed by atoms with Crippen molar-refractivity contribution < 1.29 is 9.90 Å². The Bertz CT molecular complexity index is 487. The highest BCUT2D eigenvalue weighted by atomic mass is 79.9. The Morgan fingerprint density at radius 1 is 1.30 bits per heavy atom. The van der Waals surface area contributed by atoms with Crippen LogP contribution in [0, 0.1) is 0 Å². The predicted octanol–water partition coefficient (Wildman–Crippen LogP) is 2.93. The third-order valence-corrected chi connectivity index (χ3v) is 3.40. The van der Waals surface area contributed by atoms with Crippen LogP contribution in [0.1, 0.15) is 12.0 Å². The van der Waals surface area contributed by atoms with Crippen LogP contribution in [-0.2, 0) is 4.79 Å². The van der Waals surface area contributed by atoms with E-state index in [1.165, 1.54) is 6.08 Å². The standard InChI is InChI=1S/C15H21BrN2O2/c1-17(2)9-4-10-18(3)14-11-13(16)7-5-12(14)6-8-15(19)20/h5-8,11H,4,9-10H2,1-3H3,(H,19,20). The molecule has 1 N–H and O–H groups in total. The Morgan fingerprint density at radius 3 is 2.60 bits per heavy atom. The third kappa shape index (κ3) is 5.75. The Hall–Kier alpha value is -1.33. The molecule has 0 amide bonds. The van der Waals surface area contributed by atoms with Crippen molar-refractivity contribution in [2.24, 2.45) is 0 Å². The summed E-state index contributed by atoms with van der Waals surface area (Å²) in [5, 5.41) is 8.75. The van der Waals surface area contributed by atoms with Gasteiger partial charge in [0.05, 0.1) is 0 Å². The molecule has 1 aromatic carbocycles. The molecular formula is C15H21BrN2O2. The van der Waals surface area contributed by atoms with Crippen LogP contribution in [0.3, 0.4) is 0 Å². The average molecular weight is 341 g/mol. The first-order valence-corrected chi connectivity index (χ1v) is 7.26. The van der Waals surface area contributed by atoms with Crippen molar-refractivity contribution in [2.75, 3.05) is 39.1 Å². The van der Waals surface area contributed by atoms with Gasteiger partial charge >= 0.3 is 5.97 Å². The van der Waals surface area contributed by atoms with E-state index in [9.17, 15) is 4.79 Å². The van der Waals surface area contributed by atoms with E-state index in [1.807, 2.05) is 25.2 Å². The molecule has 0 radical (unpaired) electrons. The van der Waals surface area contributed by atoms with Crippen LogP contribution in [-0.4, -0.2) is 50.2 Å². The van der Waals surface area contributed by atoms with E-state index in [2.05, 4.69) is 39.8 Å². The number of carboxylic acids is 1. The molecule has 0 aliphatic carbocycles. The zero-order valence-corrected chi connectivity index (χ0v) is 13.7. The first-order chi connectivity index (χ1) is 9.40. The highest BCUT2D eigenvalue weighted by Crippen LogP contribution is 2.25. The quantitative estimate of drug-likeness (QED) is 0.775. The molecule has 0 aliphatic rings. The Labute approximate surface area is 128 Å². The number of carboxylic acid groups (broad SMARTS) is 1. The van der Waals surface area contributed by atoms with Gasteiger partial charge in [-0.2, -0.15) is 0 Å². The first kappa shape index (κ1) is 16.7. The molecule has 0 aliphatic heterocycles. The molecule has 1 aromatic rings. The summed E-state index contributed by atoms with van der Waals surface area (Å²) in [5.74, 6) is -0.936. The van der Waals surface area contributed by atoms with Gasteiger partial charge in [-0.25, -0.2) is 4.79 Å². The topological polar surface area (TPSA) is 43.8 Å². The van der Waals surface area contributed by atoms with Crippen molar-refractivity contribution in [2.45, 2.75) is 6.42 Å². The number of nitrogens with zero attached hydrogens (tertiary/aromatic N) is 2. The number of rotatable bonds is 7. The highest BCUT2D eigenvalue weighted by molar-refractivity contribution is 9.10. The molecular weight excluding hydrogens is 320 g/mol. The fraction of sp³-hybridized carbons (Fsp3) is 0.400. The Morgan fingerprint density at radius 2 is 2.00 bits per heavy atom. The van der Waals surface area contributed by atoms with Crippen molar-refractivity contribution in [1.82, 2.24) is 4.90 Å². The molecule has 0 unspecified atom stereocenters. The van der Waals surface area contributed by atoms with Gasteiger partial charge in [-0.15, -0.1) is 0 Å². The summed E-state index contributed by atoms with van der Waals surface area (Å²) in [7, 11) is 6.13. The van der Waals surface area contributed by atoms with E-state index in [1.54, 1.807) is 6.08 Å². The monoisotopic (exact) mass is 340 g/mol. The maximum Gasteiger partial charge on any atom is 0.328 e. The van der Waals surface area contributed by atoms with E-state index < -0.39 is 5.97 Å². The largest absolute Gasteiger partial charge is 0.478 e. The lowest BCUT2D eigenvalue weighted by Gasteiger charge is -2.22. The molecule has 0 aromatic heterocycles. The van der Waals surface area contributed by atoms with Gasteiger partial charge < -0.3 is 14.9 Å². The zero-order valence-electron chi connectivity index (χ0n) is 12.1. The lowest BCUT2D eigenvalue weighted by molar-refractivity contribution is -0.131. The molecule has 0 fully saturated rings. The summed E-state index contributed by atoms with van der Waals surface area (Å²) in [6.07, 6.45) is 3.85. The number of halogens is 1. The number of aliphatic carboxylic acids is 1. The molecule has 4 nitrogen and oxygen atoms in total. The normalized spacial score (nSPS) is 11.2. The molecule has 20 heavy (non-hydrogen) atoms. The van der Waals surface area contributed by atoms with Crippen LogP contribution in [0.25, 0.3) is 6.08 Å². The molecule has 0 spiro atoms. The van der Waals surface area contributed by atoms with E-state index in [4.69, 9.17) is 5.11 Å². The Balaban J connectivity index is 2.85. The SMILES string of the molecule is CN(C)CCCN(C)c1cc(Br)ccc1C=CC(=O)O. The van der Waals surface area contributed by atoms with Crippen LogP contribution in [0.15, 0.2) is 28.7 Å². The van der Waals surface area contributed by atoms with Crippen molar-refractivity contribution in [3.05, 3.63) is 34.3 Å². The fourth-order valence-corrected chi connectivity index (χ4v) is 2.24. The molecule has 110 valence electrons. The van der Waals surface area contributed by atoms with Gasteiger partial charge in [-0.05, 0) is 50.8 Å². The minimum Gasteiger partial charge on any atom is -0.478 e. The molecule has 0 atom stereocenters. The summed E-state index contributed by atoms with van der Waals surface area (Å²) >= 11 is 3.46. The summed E-state index contributed by atoms with van der Waals surface area (Å²) in [4.78, 5) is 15.0. The molecule has 0 bridgehead atoms. The van der Waals surface area contributed by atoms with Crippen LogP contribution < -0.4 is 4.90 Å². The molecule has 0 saturated carbocycles. The van der Waals surface area contributed by atoms with E-state index in [0.29, 0.717) is 0 Å². The third-order valence-electron chi connectivity index (χ3n) is 2.91. The van der Waals surface area contributed by atoms with Gasteiger partial charge in [0.2, 0.25) is 0 Å². The molecule has 0 heterocycles. The predicted molar refractivity (Wildman–Crippen MR) is 87.3 cm³/mol. The van der Waals surface area contributed by atoms with E-state index in [0.717, 1.165) is 35.2 Å². The Kier molecular flexibility index (Phi) is 6.75. The smallest absolute Gasteiger partial charge is 0.328 e. The van der Waals surface area contributed by atoms with E-state index in [-0.39, 0.29) is 0 Å². The van der Waals surface area contributed by atoms with Gasteiger partial charge in [-0.1, -0.05) is 22.0 Å². The van der Waals surface area contributed by atoms with Crippen LogP contribution in [0.4, 0.5) is 5.69 Å². The highest BCUT2D eigenvalue weighted by Gasteiger charge is 2.07. The van der Waals surface area contributed by atoms with Gasteiger partial charge in [0.15, 0.2) is 0 Å². The lowest BCUT2D eigenvalue weighted by Crippen LogP contribution is -2.23. The van der Waals surface area contributed by atoms with Crippen LogP contribution in [0.5, 0.6) is 0 Å². The maximum absolute atomic E-state index is 10.7. The summed E-state index contributed by atoms with van der Waals surface area (Å²) in [5.41, 5.74) is 1.93. The summed E-state index contributed by atoms with van der Waals surface area (Å²) in [6.45, 7) is 1.95. The zero-order chi connectivity index (χ0) is 15.1. The van der Waals surface area contributed by atoms with Gasteiger partial charge in [0.25, 0.3) is 0 Å². The van der Waals surface area contributed by atoms with Crippen molar-refractivity contribution >= 4 is 33.7 Å².